The molecule has 0 aromatic heterocycles. The molecule has 218 valence electrons. The number of hydrogen-bond acceptors (Lipinski definition) is 1. The standard InChI is InChI=1S/C39H50O2/c1-31(19-12-10-9-11-13-26-36(6)38(40)41)22-16-23-32(2)20-14-15-21-33(3)24-17-25-34(4)28-29-37-35(5)27-18-30-39(37,7)8/h9-17,19-26,28-29H,18,27,30H2,1-8H3,(H,40,41). The molecule has 1 N–H and O–H groups in total. The Hall–Kier alpha value is -3.91. The summed E-state index contributed by atoms with van der Waals surface area (Å²) >= 11 is 0. The highest BCUT2D eigenvalue weighted by Crippen LogP contribution is 2.40. The molecule has 1 aliphatic rings. The first-order chi connectivity index (χ1) is 19.4. The second-order valence-electron chi connectivity index (χ2n) is 11.3. The zero-order valence-corrected chi connectivity index (χ0v) is 26.4. The molecule has 1 aliphatic carbocycles. The monoisotopic (exact) mass is 550 g/mol. The molecule has 0 fully saturated rings. The third-order valence-electron chi connectivity index (χ3n) is 6.81. The first-order valence-electron chi connectivity index (χ1n) is 14.4. The number of carboxylic acids is 1. The van der Waals surface area contributed by atoms with E-state index in [1.165, 1.54) is 47.1 Å². The Labute approximate surface area is 250 Å². The van der Waals surface area contributed by atoms with Gasteiger partial charge in [-0.3, -0.25) is 0 Å². The van der Waals surface area contributed by atoms with Crippen LogP contribution >= 0.6 is 0 Å². The lowest BCUT2D eigenvalue weighted by atomic mass is 9.72. The minimum atomic E-state index is -0.905. The highest BCUT2D eigenvalue weighted by Gasteiger charge is 2.26. The minimum Gasteiger partial charge on any atom is -0.478 e. The largest absolute Gasteiger partial charge is 0.478 e. The van der Waals surface area contributed by atoms with Gasteiger partial charge < -0.3 is 5.11 Å². The van der Waals surface area contributed by atoms with Crippen molar-refractivity contribution >= 4 is 5.97 Å². The van der Waals surface area contributed by atoms with E-state index >= 15 is 0 Å². The molecule has 0 aromatic carbocycles. The second kappa shape index (κ2) is 19.2. The lowest BCUT2D eigenvalue weighted by molar-refractivity contribution is -0.132. The van der Waals surface area contributed by atoms with Crippen LogP contribution in [0.2, 0.25) is 0 Å². The number of aliphatic carboxylic acids is 1. The summed E-state index contributed by atoms with van der Waals surface area (Å²) in [5.41, 5.74) is 8.37. The quantitative estimate of drug-likeness (QED) is 0.183. The molecule has 0 heterocycles. The summed E-state index contributed by atoms with van der Waals surface area (Å²) in [5.74, 6) is -0.905. The average molecular weight is 551 g/mol. The van der Waals surface area contributed by atoms with E-state index in [9.17, 15) is 4.79 Å². The normalized spacial score (nSPS) is 18.8. The van der Waals surface area contributed by atoms with Crippen molar-refractivity contribution in [2.24, 2.45) is 5.41 Å². The number of rotatable bonds is 13. The molecule has 0 saturated carbocycles. The maximum Gasteiger partial charge on any atom is 0.331 e. The molecular formula is C39H50O2. The van der Waals surface area contributed by atoms with E-state index in [1.54, 1.807) is 25.2 Å². The van der Waals surface area contributed by atoms with Gasteiger partial charge in [0.1, 0.15) is 0 Å². The number of hydrogen-bond donors (Lipinski definition) is 1. The van der Waals surface area contributed by atoms with Gasteiger partial charge in [-0.05, 0) is 71.8 Å². The predicted molar refractivity (Wildman–Crippen MR) is 181 cm³/mol. The molecule has 0 saturated heterocycles. The molecule has 0 unspecified atom stereocenters. The summed E-state index contributed by atoms with van der Waals surface area (Å²) < 4.78 is 0. The van der Waals surface area contributed by atoms with Crippen LogP contribution in [0.25, 0.3) is 0 Å². The Morgan fingerprint density at radius 1 is 0.634 bits per heavy atom. The van der Waals surface area contributed by atoms with Crippen LogP contribution in [0.5, 0.6) is 0 Å². The van der Waals surface area contributed by atoms with Gasteiger partial charge in [0.25, 0.3) is 0 Å². The zero-order chi connectivity index (χ0) is 30.7. The van der Waals surface area contributed by atoms with Crippen molar-refractivity contribution in [2.75, 3.05) is 0 Å². The van der Waals surface area contributed by atoms with E-state index in [1.807, 2.05) is 37.3 Å². The molecule has 0 atom stereocenters. The van der Waals surface area contributed by atoms with E-state index < -0.39 is 5.97 Å². The lowest BCUT2D eigenvalue weighted by Gasteiger charge is -2.32. The summed E-state index contributed by atoms with van der Waals surface area (Å²) in [6.45, 7) is 17.0. The Morgan fingerprint density at radius 3 is 1.61 bits per heavy atom. The second-order valence-corrected chi connectivity index (χ2v) is 11.3. The third-order valence-corrected chi connectivity index (χ3v) is 6.81. The summed E-state index contributed by atoms with van der Waals surface area (Å²) in [7, 11) is 0. The summed E-state index contributed by atoms with van der Waals surface area (Å²) in [6, 6.07) is 0. The van der Waals surface area contributed by atoms with Crippen molar-refractivity contribution in [3.8, 4) is 0 Å². The van der Waals surface area contributed by atoms with Gasteiger partial charge >= 0.3 is 5.97 Å². The molecule has 2 nitrogen and oxygen atoms in total. The van der Waals surface area contributed by atoms with Gasteiger partial charge in [0.15, 0.2) is 0 Å². The minimum absolute atomic E-state index is 0.276. The molecule has 0 spiro atoms. The molecular weight excluding hydrogens is 500 g/mol. The van der Waals surface area contributed by atoms with E-state index in [4.69, 9.17) is 5.11 Å². The Kier molecular flexibility index (Phi) is 16.5. The first kappa shape index (κ1) is 35.1. The van der Waals surface area contributed by atoms with Crippen LogP contribution in [0, 0.1) is 5.41 Å². The van der Waals surface area contributed by atoms with Crippen LogP contribution in [0.3, 0.4) is 0 Å². The van der Waals surface area contributed by atoms with E-state index in [2.05, 4.69) is 108 Å². The molecule has 41 heavy (non-hydrogen) atoms. The van der Waals surface area contributed by atoms with Gasteiger partial charge in [0, 0.05) is 5.57 Å². The van der Waals surface area contributed by atoms with Crippen molar-refractivity contribution in [3.63, 3.8) is 0 Å². The van der Waals surface area contributed by atoms with E-state index in [0.29, 0.717) is 5.57 Å². The van der Waals surface area contributed by atoms with Gasteiger partial charge in [-0.15, -0.1) is 0 Å². The van der Waals surface area contributed by atoms with Gasteiger partial charge in [-0.1, -0.05) is 157 Å². The molecule has 1 rings (SSSR count). The van der Waals surface area contributed by atoms with Crippen molar-refractivity contribution in [1.82, 2.24) is 0 Å². The van der Waals surface area contributed by atoms with Gasteiger partial charge in [-0.2, -0.15) is 0 Å². The van der Waals surface area contributed by atoms with E-state index in [0.717, 1.165) is 5.57 Å². The first-order valence-corrected chi connectivity index (χ1v) is 14.4. The molecule has 0 radical (unpaired) electrons. The maximum atomic E-state index is 10.7. The highest BCUT2D eigenvalue weighted by molar-refractivity contribution is 5.86. The SMILES string of the molecule is CC(C=CC=C(C)C=CC=CC=CC=C(C)C(=O)O)=CC=CC=C(C)C=CC=C(C)C=CC1=C(C)CCCC1(C)C. The van der Waals surface area contributed by atoms with Gasteiger partial charge in [0.2, 0.25) is 0 Å². The fraction of sp³-hybridized carbons (Fsp3) is 0.308. The molecule has 0 bridgehead atoms. The van der Waals surface area contributed by atoms with Crippen molar-refractivity contribution in [1.29, 1.82) is 0 Å². The fourth-order valence-electron chi connectivity index (χ4n) is 4.24. The molecule has 0 amide bonds. The van der Waals surface area contributed by atoms with Crippen LogP contribution in [0.4, 0.5) is 0 Å². The average Bonchev–Trinajstić information content (AvgIpc) is 2.89. The van der Waals surface area contributed by atoms with Crippen LogP contribution in [-0.2, 0) is 4.79 Å². The topological polar surface area (TPSA) is 37.3 Å². The third kappa shape index (κ3) is 16.1. The highest BCUT2D eigenvalue weighted by atomic mass is 16.4. The summed E-state index contributed by atoms with van der Waals surface area (Å²) in [5, 5.41) is 8.80. The van der Waals surface area contributed by atoms with Crippen molar-refractivity contribution in [3.05, 3.63) is 154 Å². The van der Waals surface area contributed by atoms with Crippen LogP contribution < -0.4 is 0 Å². The predicted octanol–water partition coefficient (Wildman–Crippen LogP) is 11.2. The van der Waals surface area contributed by atoms with Crippen molar-refractivity contribution in [2.45, 2.75) is 74.7 Å². The van der Waals surface area contributed by atoms with Crippen molar-refractivity contribution < 1.29 is 9.90 Å². The molecule has 0 aromatic rings. The van der Waals surface area contributed by atoms with Crippen LogP contribution in [0.15, 0.2) is 154 Å². The zero-order valence-electron chi connectivity index (χ0n) is 26.4. The van der Waals surface area contributed by atoms with Crippen LogP contribution in [-0.4, -0.2) is 11.1 Å². The number of carboxylic acid groups (broad SMARTS) is 1. The lowest BCUT2D eigenvalue weighted by Crippen LogP contribution is -2.19. The summed E-state index contributed by atoms with van der Waals surface area (Å²) in [6.07, 6.45) is 42.1. The van der Waals surface area contributed by atoms with E-state index in [-0.39, 0.29) is 5.41 Å². The molecule has 0 aliphatic heterocycles. The van der Waals surface area contributed by atoms with Gasteiger partial charge in [-0.25, -0.2) is 4.79 Å². The Bertz CT molecular complexity index is 1280. The Morgan fingerprint density at radius 2 is 1.07 bits per heavy atom. The fourth-order valence-corrected chi connectivity index (χ4v) is 4.24. The van der Waals surface area contributed by atoms with Crippen LogP contribution in [0.1, 0.15) is 74.7 Å². The van der Waals surface area contributed by atoms with Gasteiger partial charge in [0.05, 0.1) is 0 Å². The molecule has 2 heteroatoms. The smallest absolute Gasteiger partial charge is 0.331 e. The number of carbonyl (C=O) groups is 1. The maximum absolute atomic E-state index is 10.7. The Balaban J connectivity index is 2.57. The number of allylic oxidation sites excluding steroid dienone is 25. The summed E-state index contributed by atoms with van der Waals surface area (Å²) in [4.78, 5) is 10.7.